The SMILES string of the molecule is CCCNC1CCC(CC)CC1CN(C)c1ccccc1. The van der Waals surface area contributed by atoms with E-state index in [9.17, 15) is 0 Å². The first kappa shape index (κ1) is 16.4. The number of benzene rings is 1. The van der Waals surface area contributed by atoms with E-state index in [0.717, 1.165) is 18.4 Å². The molecular formula is C19H32N2. The van der Waals surface area contributed by atoms with Crippen molar-refractivity contribution in [2.75, 3.05) is 25.0 Å². The standard InChI is InChI=1S/C19H32N2/c1-4-13-20-19-12-11-16(5-2)14-17(19)15-21(3)18-9-7-6-8-10-18/h6-10,16-17,19-20H,4-5,11-15H2,1-3H3. The maximum atomic E-state index is 3.80. The lowest BCUT2D eigenvalue weighted by Crippen LogP contribution is -2.45. The number of rotatable bonds is 7. The predicted molar refractivity (Wildman–Crippen MR) is 92.9 cm³/mol. The fourth-order valence-electron chi connectivity index (χ4n) is 3.67. The molecule has 118 valence electrons. The smallest absolute Gasteiger partial charge is 0.0363 e. The second-order valence-corrected chi connectivity index (χ2v) is 6.62. The van der Waals surface area contributed by atoms with Gasteiger partial charge < -0.3 is 10.2 Å². The molecule has 0 spiro atoms. The van der Waals surface area contributed by atoms with Gasteiger partial charge in [-0.05, 0) is 56.2 Å². The van der Waals surface area contributed by atoms with E-state index in [-0.39, 0.29) is 0 Å². The van der Waals surface area contributed by atoms with Crippen LogP contribution in [-0.2, 0) is 0 Å². The molecule has 0 radical (unpaired) electrons. The van der Waals surface area contributed by atoms with Crippen molar-refractivity contribution in [1.82, 2.24) is 5.32 Å². The van der Waals surface area contributed by atoms with Crippen molar-refractivity contribution >= 4 is 5.69 Å². The summed E-state index contributed by atoms with van der Waals surface area (Å²) in [6.45, 7) is 6.94. The molecule has 0 amide bonds. The average molecular weight is 288 g/mol. The zero-order valence-corrected chi connectivity index (χ0v) is 14.0. The van der Waals surface area contributed by atoms with Crippen LogP contribution in [0.3, 0.4) is 0 Å². The van der Waals surface area contributed by atoms with Crippen molar-refractivity contribution in [1.29, 1.82) is 0 Å². The lowest BCUT2D eigenvalue weighted by molar-refractivity contribution is 0.203. The van der Waals surface area contributed by atoms with Crippen LogP contribution < -0.4 is 10.2 Å². The molecule has 0 aliphatic heterocycles. The summed E-state index contributed by atoms with van der Waals surface area (Å²) < 4.78 is 0. The molecule has 21 heavy (non-hydrogen) atoms. The molecule has 0 heterocycles. The lowest BCUT2D eigenvalue weighted by Gasteiger charge is -2.39. The van der Waals surface area contributed by atoms with Gasteiger partial charge in [-0.15, -0.1) is 0 Å². The maximum absolute atomic E-state index is 3.80. The Balaban J connectivity index is 1.98. The molecule has 1 aromatic carbocycles. The summed E-state index contributed by atoms with van der Waals surface area (Å²) in [6, 6.07) is 11.5. The molecule has 0 aromatic heterocycles. The fourth-order valence-corrected chi connectivity index (χ4v) is 3.67. The highest BCUT2D eigenvalue weighted by Gasteiger charge is 2.30. The van der Waals surface area contributed by atoms with Crippen LogP contribution in [0.1, 0.15) is 46.0 Å². The van der Waals surface area contributed by atoms with Crippen molar-refractivity contribution in [2.24, 2.45) is 11.8 Å². The van der Waals surface area contributed by atoms with E-state index in [4.69, 9.17) is 0 Å². The van der Waals surface area contributed by atoms with Crippen molar-refractivity contribution in [3.63, 3.8) is 0 Å². The quantitative estimate of drug-likeness (QED) is 0.804. The summed E-state index contributed by atoms with van der Waals surface area (Å²) >= 11 is 0. The van der Waals surface area contributed by atoms with Gasteiger partial charge in [-0.2, -0.15) is 0 Å². The van der Waals surface area contributed by atoms with Crippen LogP contribution in [0.2, 0.25) is 0 Å². The van der Waals surface area contributed by atoms with E-state index < -0.39 is 0 Å². The molecule has 1 aliphatic carbocycles. The summed E-state index contributed by atoms with van der Waals surface area (Å²) in [5.41, 5.74) is 1.34. The molecule has 1 saturated carbocycles. The molecule has 1 N–H and O–H groups in total. The topological polar surface area (TPSA) is 15.3 Å². The number of para-hydroxylation sites is 1. The van der Waals surface area contributed by atoms with Crippen LogP contribution in [0.15, 0.2) is 30.3 Å². The highest BCUT2D eigenvalue weighted by Crippen LogP contribution is 2.32. The average Bonchev–Trinajstić information content (AvgIpc) is 2.54. The Morgan fingerprint density at radius 1 is 1.14 bits per heavy atom. The molecule has 1 aromatic rings. The largest absolute Gasteiger partial charge is 0.374 e. The first-order valence-corrected chi connectivity index (χ1v) is 8.74. The minimum Gasteiger partial charge on any atom is -0.374 e. The summed E-state index contributed by atoms with van der Waals surface area (Å²) in [5, 5.41) is 3.80. The first-order chi connectivity index (χ1) is 10.2. The minimum atomic E-state index is 0.707. The molecule has 1 aliphatic rings. The van der Waals surface area contributed by atoms with Crippen molar-refractivity contribution in [3.05, 3.63) is 30.3 Å². The third-order valence-electron chi connectivity index (χ3n) is 5.03. The van der Waals surface area contributed by atoms with Gasteiger partial charge in [0.05, 0.1) is 0 Å². The number of hydrogen-bond acceptors (Lipinski definition) is 2. The van der Waals surface area contributed by atoms with Crippen molar-refractivity contribution in [3.8, 4) is 0 Å². The summed E-state index contributed by atoms with van der Waals surface area (Å²) in [5.74, 6) is 1.71. The number of nitrogens with one attached hydrogen (secondary N) is 1. The van der Waals surface area contributed by atoms with Gasteiger partial charge in [0.2, 0.25) is 0 Å². The van der Waals surface area contributed by atoms with Crippen LogP contribution in [0, 0.1) is 11.8 Å². The van der Waals surface area contributed by atoms with Crippen molar-refractivity contribution in [2.45, 2.75) is 52.0 Å². The molecule has 3 atom stereocenters. The van der Waals surface area contributed by atoms with Gasteiger partial charge in [0.15, 0.2) is 0 Å². The summed E-state index contributed by atoms with van der Waals surface area (Å²) in [6.07, 6.45) is 6.71. The van der Waals surface area contributed by atoms with Crippen LogP contribution >= 0.6 is 0 Å². The normalized spacial score (nSPS) is 25.8. The summed E-state index contributed by atoms with van der Waals surface area (Å²) in [7, 11) is 2.24. The Morgan fingerprint density at radius 3 is 2.57 bits per heavy atom. The van der Waals surface area contributed by atoms with Gasteiger partial charge in [0.1, 0.15) is 0 Å². The Morgan fingerprint density at radius 2 is 1.90 bits per heavy atom. The number of hydrogen-bond donors (Lipinski definition) is 1. The predicted octanol–water partition coefficient (Wildman–Crippen LogP) is 4.32. The second-order valence-electron chi connectivity index (χ2n) is 6.62. The molecule has 0 saturated heterocycles. The monoisotopic (exact) mass is 288 g/mol. The van der Waals surface area contributed by atoms with Crippen LogP contribution in [0.4, 0.5) is 5.69 Å². The molecule has 2 nitrogen and oxygen atoms in total. The summed E-state index contributed by atoms with van der Waals surface area (Å²) in [4.78, 5) is 2.43. The lowest BCUT2D eigenvalue weighted by atomic mass is 9.76. The number of nitrogens with zero attached hydrogens (tertiary/aromatic N) is 1. The molecular weight excluding hydrogens is 256 g/mol. The molecule has 2 rings (SSSR count). The maximum Gasteiger partial charge on any atom is 0.0363 e. The first-order valence-electron chi connectivity index (χ1n) is 8.74. The molecule has 0 bridgehead atoms. The van der Waals surface area contributed by atoms with Crippen LogP contribution in [0.5, 0.6) is 0 Å². The van der Waals surface area contributed by atoms with Crippen molar-refractivity contribution < 1.29 is 0 Å². The van der Waals surface area contributed by atoms with E-state index in [2.05, 4.69) is 61.4 Å². The third kappa shape index (κ3) is 4.74. The molecule has 2 heteroatoms. The number of anilines is 1. The van der Waals surface area contributed by atoms with Gasteiger partial charge in [-0.3, -0.25) is 0 Å². The Kier molecular flexibility index (Phi) is 6.56. The van der Waals surface area contributed by atoms with Gasteiger partial charge >= 0.3 is 0 Å². The van der Waals surface area contributed by atoms with E-state index in [1.165, 1.54) is 44.3 Å². The molecule has 1 fully saturated rings. The highest BCUT2D eigenvalue weighted by molar-refractivity contribution is 5.45. The van der Waals surface area contributed by atoms with Gasteiger partial charge in [-0.1, -0.05) is 38.5 Å². The molecule has 3 unspecified atom stereocenters. The third-order valence-corrected chi connectivity index (χ3v) is 5.03. The minimum absolute atomic E-state index is 0.707. The van der Waals surface area contributed by atoms with E-state index >= 15 is 0 Å². The Labute approximate surface area is 130 Å². The zero-order valence-electron chi connectivity index (χ0n) is 14.0. The van der Waals surface area contributed by atoms with E-state index in [0.29, 0.717) is 6.04 Å². The zero-order chi connectivity index (χ0) is 15.1. The Hall–Kier alpha value is -1.02. The van der Waals surface area contributed by atoms with E-state index in [1.54, 1.807) is 0 Å². The van der Waals surface area contributed by atoms with Crippen LogP contribution in [-0.4, -0.2) is 26.2 Å². The van der Waals surface area contributed by atoms with Gasteiger partial charge in [-0.25, -0.2) is 0 Å². The van der Waals surface area contributed by atoms with Gasteiger partial charge in [0, 0.05) is 25.3 Å². The Bertz CT molecular complexity index is 390. The van der Waals surface area contributed by atoms with Gasteiger partial charge in [0.25, 0.3) is 0 Å². The second kappa shape index (κ2) is 8.43. The fraction of sp³-hybridized carbons (Fsp3) is 0.684. The van der Waals surface area contributed by atoms with Crippen LogP contribution in [0.25, 0.3) is 0 Å². The van der Waals surface area contributed by atoms with E-state index in [1.807, 2.05) is 0 Å². The highest BCUT2D eigenvalue weighted by atomic mass is 15.1.